The summed E-state index contributed by atoms with van der Waals surface area (Å²) < 4.78 is 5.30. The second kappa shape index (κ2) is 7.33. The Kier molecular flexibility index (Phi) is 7.28. The molecular weight excluding hydrogens is 190 g/mol. The van der Waals surface area contributed by atoms with Crippen LogP contribution in [0.4, 0.5) is 0 Å². The summed E-state index contributed by atoms with van der Waals surface area (Å²) in [5.41, 5.74) is 0. The molecule has 0 radical (unpaired) electrons. The highest BCUT2D eigenvalue weighted by molar-refractivity contribution is 5.85. The SMILES string of the molecule is C=CCOC[C@H]1CNC[C@H](O)C1.Cl. The Morgan fingerprint density at radius 1 is 1.54 bits per heavy atom. The lowest BCUT2D eigenvalue weighted by atomic mass is 9.99. The summed E-state index contributed by atoms with van der Waals surface area (Å²) in [6, 6.07) is 0. The van der Waals surface area contributed by atoms with Gasteiger partial charge in [0.15, 0.2) is 0 Å². The molecule has 1 rings (SSSR count). The van der Waals surface area contributed by atoms with Crippen LogP contribution in [0.3, 0.4) is 0 Å². The fourth-order valence-electron chi connectivity index (χ4n) is 1.45. The van der Waals surface area contributed by atoms with Gasteiger partial charge in [-0.1, -0.05) is 6.08 Å². The van der Waals surface area contributed by atoms with E-state index < -0.39 is 0 Å². The van der Waals surface area contributed by atoms with E-state index in [0.29, 0.717) is 12.5 Å². The van der Waals surface area contributed by atoms with Gasteiger partial charge in [0.1, 0.15) is 0 Å². The minimum absolute atomic E-state index is 0. The highest BCUT2D eigenvalue weighted by Gasteiger charge is 2.19. The maximum absolute atomic E-state index is 9.30. The molecule has 1 aliphatic rings. The molecule has 2 atom stereocenters. The molecule has 0 bridgehead atoms. The molecule has 1 saturated heterocycles. The van der Waals surface area contributed by atoms with E-state index in [-0.39, 0.29) is 18.5 Å². The van der Waals surface area contributed by atoms with Crippen molar-refractivity contribution in [3.8, 4) is 0 Å². The van der Waals surface area contributed by atoms with E-state index in [1.165, 1.54) is 0 Å². The van der Waals surface area contributed by atoms with Crippen LogP contribution in [0.2, 0.25) is 0 Å². The number of β-amino-alcohol motifs (C(OH)–C–C–N with tert-alkyl or cyclic N) is 1. The number of hydrogen-bond donors (Lipinski definition) is 2. The second-order valence-electron chi connectivity index (χ2n) is 3.24. The first-order chi connectivity index (χ1) is 5.83. The molecule has 2 N–H and O–H groups in total. The monoisotopic (exact) mass is 207 g/mol. The summed E-state index contributed by atoms with van der Waals surface area (Å²) in [5.74, 6) is 0.452. The quantitative estimate of drug-likeness (QED) is 0.524. The molecule has 4 heteroatoms. The Bertz CT molecular complexity index is 144. The van der Waals surface area contributed by atoms with Gasteiger partial charge in [-0.15, -0.1) is 19.0 Å². The molecule has 0 aromatic carbocycles. The summed E-state index contributed by atoms with van der Waals surface area (Å²) in [6.45, 7) is 6.56. The van der Waals surface area contributed by atoms with E-state index in [1.54, 1.807) is 6.08 Å². The van der Waals surface area contributed by atoms with Crippen molar-refractivity contribution < 1.29 is 9.84 Å². The lowest BCUT2D eigenvalue weighted by Gasteiger charge is -2.26. The van der Waals surface area contributed by atoms with Crippen LogP contribution in [-0.2, 0) is 4.74 Å². The molecule has 3 nitrogen and oxygen atoms in total. The van der Waals surface area contributed by atoms with Crippen LogP contribution in [0, 0.1) is 5.92 Å². The summed E-state index contributed by atoms with van der Waals surface area (Å²) in [6.07, 6.45) is 2.40. The van der Waals surface area contributed by atoms with Crippen molar-refractivity contribution in [2.75, 3.05) is 26.3 Å². The van der Waals surface area contributed by atoms with Gasteiger partial charge in [0, 0.05) is 13.1 Å². The smallest absolute Gasteiger partial charge is 0.0668 e. The highest BCUT2D eigenvalue weighted by Crippen LogP contribution is 2.10. The van der Waals surface area contributed by atoms with E-state index in [2.05, 4.69) is 11.9 Å². The van der Waals surface area contributed by atoms with E-state index in [0.717, 1.165) is 26.1 Å². The summed E-state index contributed by atoms with van der Waals surface area (Å²) in [7, 11) is 0. The molecule has 0 aliphatic carbocycles. The molecule has 0 saturated carbocycles. The van der Waals surface area contributed by atoms with Crippen LogP contribution in [-0.4, -0.2) is 37.5 Å². The Balaban J connectivity index is 0.00000144. The third-order valence-electron chi connectivity index (χ3n) is 2.01. The van der Waals surface area contributed by atoms with Gasteiger partial charge in [0.2, 0.25) is 0 Å². The first-order valence-electron chi connectivity index (χ1n) is 4.40. The van der Waals surface area contributed by atoms with Crippen molar-refractivity contribution in [3.63, 3.8) is 0 Å². The van der Waals surface area contributed by atoms with Gasteiger partial charge >= 0.3 is 0 Å². The number of ether oxygens (including phenoxy) is 1. The van der Waals surface area contributed by atoms with Gasteiger partial charge < -0.3 is 15.2 Å². The van der Waals surface area contributed by atoms with Crippen molar-refractivity contribution in [2.45, 2.75) is 12.5 Å². The molecule has 0 aromatic rings. The minimum Gasteiger partial charge on any atom is -0.392 e. The van der Waals surface area contributed by atoms with Gasteiger partial charge in [0.25, 0.3) is 0 Å². The van der Waals surface area contributed by atoms with Crippen LogP contribution < -0.4 is 5.32 Å². The minimum atomic E-state index is -0.198. The van der Waals surface area contributed by atoms with Gasteiger partial charge in [0.05, 0.1) is 19.3 Å². The predicted molar refractivity (Wildman–Crippen MR) is 55.2 cm³/mol. The van der Waals surface area contributed by atoms with Crippen molar-refractivity contribution in [2.24, 2.45) is 5.92 Å². The number of hydrogen-bond acceptors (Lipinski definition) is 3. The number of aliphatic hydroxyl groups is 1. The van der Waals surface area contributed by atoms with Gasteiger partial charge in [-0.3, -0.25) is 0 Å². The molecule has 78 valence electrons. The topological polar surface area (TPSA) is 41.5 Å². The number of nitrogens with one attached hydrogen (secondary N) is 1. The Morgan fingerprint density at radius 3 is 2.92 bits per heavy atom. The highest BCUT2D eigenvalue weighted by atomic mass is 35.5. The van der Waals surface area contributed by atoms with E-state index in [4.69, 9.17) is 4.74 Å². The molecule has 0 amide bonds. The van der Waals surface area contributed by atoms with Crippen LogP contribution in [0.15, 0.2) is 12.7 Å². The summed E-state index contributed by atoms with van der Waals surface area (Å²) in [4.78, 5) is 0. The van der Waals surface area contributed by atoms with Crippen molar-refractivity contribution in [1.29, 1.82) is 0 Å². The van der Waals surface area contributed by atoms with E-state index >= 15 is 0 Å². The number of aliphatic hydroxyl groups excluding tert-OH is 1. The lowest BCUT2D eigenvalue weighted by molar-refractivity contribution is 0.0602. The zero-order chi connectivity index (χ0) is 8.81. The van der Waals surface area contributed by atoms with E-state index in [9.17, 15) is 5.11 Å². The fourth-order valence-corrected chi connectivity index (χ4v) is 1.45. The maximum atomic E-state index is 9.30. The number of halogens is 1. The number of rotatable bonds is 4. The average molecular weight is 208 g/mol. The molecule has 1 fully saturated rings. The predicted octanol–water partition coefficient (Wildman–Crippen LogP) is 0.581. The standard InChI is InChI=1S/C9H17NO2.ClH/c1-2-3-12-7-8-4-9(11)6-10-5-8;/h2,8-11H,1,3-7H2;1H/t8-,9-;/m1./s1. The molecule has 0 unspecified atom stereocenters. The van der Waals surface area contributed by atoms with Crippen molar-refractivity contribution >= 4 is 12.4 Å². The number of piperidine rings is 1. The second-order valence-corrected chi connectivity index (χ2v) is 3.24. The van der Waals surface area contributed by atoms with Crippen LogP contribution >= 0.6 is 12.4 Å². The Hall–Kier alpha value is -0.0900. The molecule has 0 aromatic heterocycles. The Morgan fingerprint density at radius 2 is 2.31 bits per heavy atom. The summed E-state index contributed by atoms with van der Waals surface area (Å²) in [5, 5.41) is 12.5. The first kappa shape index (κ1) is 12.9. The van der Waals surface area contributed by atoms with Crippen LogP contribution in [0.25, 0.3) is 0 Å². The molecule has 13 heavy (non-hydrogen) atoms. The van der Waals surface area contributed by atoms with Crippen molar-refractivity contribution in [3.05, 3.63) is 12.7 Å². The normalized spacial score (nSPS) is 27.8. The molecular formula is C9H18ClNO2. The average Bonchev–Trinajstić information content (AvgIpc) is 2.05. The first-order valence-corrected chi connectivity index (χ1v) is 4.40. The zero-order valence-electron chi connectivity index (χ0n) is 7.74. The maximum Gasteiger partial charge on any atom is 0.0668 e. The largest absolute Gasteiger partial charge is 0.392 e. The van der Waals surface area contributed by atoms with E-state index in [1.807, 2.05) is 0 Å². The summed E-state index contributed by atoms with van der Waals surface area (Å²) >= 11 is 0. The fraction of sp³-hybridized carbons (Fsp3) is 0.778. The Labute approximate surface area is 85.6 Å². The molecule has 0 spiro atoms. The van der Waals surface area contributed by atoms with Gasteiger partial charge in [-0.25, -0.2) is 0 Å². The third kappa shape index (κ3) is 5.26. The van der Waals surface area contributed by atoms with Crippen LogP contribution in [0.1, 0.15) is 6.42 Å². The lowest BCUT2D eigenvalue weighted by Crippen LogP contribution is -2.40. The third-order valence-corrected chi connectivity index (χ3v) is 2.01. The van der Waals surface area contributed by atoms with Crippen molar-refractivity contribution in [1.82, 2.24) is 5.32 Å². The van der Waals surface area contributed by atoms with Crippen LogP contribution in [0.5, 0.6) is 0 Å². The van der Waals surface area contributed by atoms with Gasteiger partial charge in [-0.2, -0.15) is 0 Å². The molecule has 1 heterocycles. The molecule has 1 aliphatic heterocycles. The van der Waals surface area contributed by atoms with Gasteiger partial charge in [-0.05, 0) is 12.3 Å². The zero-order valence-corrected chi connectivity index (χ0v) is 8.55.